The van der Waals surface area contributed by atoms with Crippen LogP contribution in [0.25, 0.3) is 0 Å². The molecule has 0 radical (unpaired) electrons. The fourth-order valence-electron chi connectivity index (χ4n) is 5.01. The van der Waals surface area contributed by atoms with E-state index in [1.165, 1.54) is 18.0 Å². The summed E-state index contributed by atoms with van der Waals surface area (Å²) in [5.74, 6) is 0. The fraction of sp³-hybridized carbons (Fsp3) is 0.857. The van der Waals surface area contributed by atoms with Crippen molar-refractivity contribution in [3.05, 3.63) is 0 Å². The average molecular weight is 1280 g/mol. The van der Waals surface area contributed by atoms with Crippen molar-refractivity contribution in [1.29, 1.82) is 0 Å². The van der Waals surface area contributed by atoms with Crippen LogP contribution in [0.4, 0.5) is 0 Å². The molecule has 0 aliphatic carbocycles. The fourth-order valence-corrected chi connectivity index (χ4v) is 7.20. The summed E-state index contributed by atoms with van der Waals surface area (Å²) in [6.07, 6.45) is 13.5. The van der Waals surface area contributed by atoms with Crippen LogP contribution in [0.2, 0.25) is 0 Å². The summed E-state index contributed by atoms with van der Waals surface area (Å²) < 4.78 is 3.69. The molecule has 0 bridgehead atoms. The van der Waals surface area contributed by atoms with Gasteiger partial charge in [0.25, 0.3) is 0 Å². The minimum absolute atomic E-state index is 0. The summed E-state index contributed by atoms with van der Waals surface area (Å²) >= 11 is 60.2. The predicted molar refractivity (Wildman–Crippen MR) is 320 cm³/mol. The molecule has 0 aromatic carbocycles. The average Bonchev–Trinajstić information content (AvgIpc) is 3.22. The van der Waals surface area contributed by atoms with Gasteiger partial charge in [-0.15, -0.1) is 0 Å². The first-order valence-corrected chi connectivity index (χ1v) is 29.9. The van der Waals surface area contributed by atoms with Crippen LogP contribution < -0.4 is 0 Å². The maximum atomic E-state index is 4.89. The van der Waals surface area contributed by atoms with Crippen LogP contribution in [0.5, 0.6) is 0 Å². The molecule has 0 unspecified atom stereocenters. The van der Waals surface area contributed by atoms with E-state index in [0.29, 0.717) is 25.9 Å². The van der Waals surface area contributed by atoms with Gasteiger partial charge in [0, 0.05) is 78.5 Å². The molecule has 0 aliphatic heterocycles. The minimum atomic E-state index is 0. The van der Waals surface area contributed by atoms with Crippen molar-refractivity contribution in [3.63, 3.8) is 0 Å². The third-order valence-electron chi connectivity index (χ3n) is 7.47. The Labute approximate surface area is 486 Å². The summed E-state index contributed by atoms with van der Waals surface area (Å²) in [6.45, 7) is 37.7. The van der Waals surface area contributed by atoms with Crippen molar-refractivity contribution < 1.29 is 39.1 Å². The van der Waals surface area contributed by atoms with E-state index in [9.17, 15) is 0 Å². The Hall–Kier alpha value is 2.26. The van der Waals surface area contributed by atoms with E-state index in [-0.39, 0.29) is 21.1 Å². The Morgan fingerprint density at radius 1 is 0.254 bits per heavy atom. The molecule has 0 aliphatic rings. The SMILES string of the molecule is CCCN(CCC)C(=S)[S-].CCCN(CCC)C(=S)[S-].CCCN(CCC)C(=S)[S-].CCCN(CCC)C(=S)[S-].CCCN(CCC)C(=S)[S-].CCCN(CCC)C(=S)[S-].[Mo+4].[S]=[Mo+2]. The molecular formula is C42H84Mo2N6S13. The van der Waals surface area contributed by atoms with E-state index < -0.39 is 0 Å². The molecule has 0 heterocycles. The van der Waals surface area contributed by atoms with Gasteiger partial charge in [-0.25, -0.2) is 0 Å². The van der Waals surface area contributed by atoms with Gasteiger partial charge >= 0.3 is 48.9 Å². The van der Waals surface area contributed by atoms with E-state index in [0.717, 1.165) is 156 Å². The second-order valence-electron chi connectivity index (χ2n) is 13.5. The second kappa shape index (κ2) is 66.3. The first-order chi connectivity index (χ1) is 29.3. The molecule has 0 spiro atoms. The van der Waals surface area contributed by atoms with Crippen LogP contribution in [0.3, 0.4) is 0 Å². The summed E-state index contributed by atoms with van der Waals surface area (Å²) in [6, 6.07) is 0. The van der Waals surface area contributed by atoms with Crippen molar-refractivity contribution in [2.45, 2.75) is 160 Å². The van der Waals surface area contributed by atoms with Crippen LogP contribution >= 0.6 is 83.1 Å². The first kappa shape index (κ1) is 82.2. The number of hydrogen-bond acceptors (Lipinski definition) is 13. The second-order valence-corrected chi connectivity index (χ2v) is 19.7. The zero-order valence-electron chi connectivity index (χ0n) is 40.8. The Bertz CT molecular complexity index is 819. The van der Waals surface area contributed by atoms with E-state index in [1.807, 2.05) is 0 Å². The van der Waals surface area contributed by atoms with Crippen molar-refractivity contribution >= 4 is 185 Å². The first-order valence-electron chi connectivity index (χ1n) is 22.2. The Morgan fingerprint density at radius 3 is 0.349 bits per heavy atom. The predicted octanol–water partition coefficient (Wildman–Crippen LogP) is 12.3. The van der Waals surface area contributed by atoms with Gasteiger partial charge < -0.3 is 178 Å². The molecule has 63 heavy (non-hydrogen) atoms. The van der Waals surface area contributed by atoms with Crippen LogP contribution in [0.15, 0.2) is 0 Å². The van der Waals surface area contributed by atoms with Crippen molar-refractivity contribution in [2.75, 3.05) is 78.5 Å². The van der Waals surface area contributed by atoms with E-state index in [2.05, 4.69) is 122 Å². The van der Waals surface area contributed by atoms with Gasteiger partial charge in [-0.05, 0) is 77.0 Å². The molecule has 0 rings (SSSR count). The van der Waals surface area contributed by atoms with Gasteiger partial charge in [-0.2, -0.15) is 0 Å². The standard InChI is InChI=1S/6C7H15NS2.2Mo.S/c6*1-3-5-8(6-4-2)7(9)10;;;/h6*3-6H2,1-2H3,(H,9,10);;;/q;;;;;;+2;+4;/p-6. The van der Waals surface area contributed by atoms with Crippen molar-refractivity contribution in [2.24, 2.45) is 0 Å². The topological polar surface area (TPSA) is 19.4 Å². The molecule has 21 heteroatoms. The zero-order chi connectivity index (χ0) is 49.9. The number of nitrogens with zero attached hydrogens (tertiary/aromatic N) is 6. The van der Waals surface area contributed by atoms with Gasteiger partial charge in [0.15, 0.2) is 0 Å². The molecule has 0 saturated heterocycles. The zero-order valence-corrected chi connectivity index (χ0v) is 55.4. The van der Waals surface area contributed by atoms with E-state index in [4.69, 9.17) is 149 Å². The Morgan fingerprint density at radius 2 is 0.317 bits per heavy atom. The van der Waals surface area contributed by atoms with Gasteiger partial charge in [-0.3, -0.25) is 0 Å². The summed E-state index contributed by atoms with van der Waals surface area (Å²) in [7, 11) is 4.09. The van der Waals surface area contributed by atoms with Crippen LogP contribution in [-0.4, -0.2) is 134 Å². The molecule has 0 amide bonds. The van der Waals surface area contributed by atoms with Crippen molar-refractivity contribution in [3.8, 4) is 0 Å². The van der Waals surface area contributed by atoms with Gasteiger partial charge in [0.1, 0.15) is 0 Å². The summed E-state index contributed by atoms with van der Waals surface area (Å²) in [5.41, 5.74) is 0. The molecule has 0 aromatic rings. The van der Waals surface area contributed by atoms with Crippen LogP contribution in [0.1, 0.15) is 160 Å². The monoisotopic (exact) mass is 1280 g/mol. The van der Waals surface area contributed by atoms with Crippen molar-refractivity contribution in [1.82, 2.24) is 29.4 Å². The van der Waals surface area contributed by atoms with Gasteiger partial charge in [0.2, 0.25) is 0 Å². The summed E-state index contributed by atoms with van der Waals surface area (Å²) in [5, 5.41) is 0. The molecule has 0 fully saturated rings. The molecule has 0 N–H and O–H groups in total. The van der Waals surface area contributed by atoms with E-state index in [1.54, 1.807) is 0 Å². The maximum absolute atomic E-state index is 4.89. The normalized spacial score (nSPS) is 9.00. The van der Waals surface area contributed by atoms with Crippen LogP contribution in [-0.2, 0) is 115 Å². The van der Waals surface area contributed by atoms with E-state index >= 15 is 0 Å². The summed E-state index contributed by atoms with van der Waals surface area (Å²) in [4.78, 5) is 12.4. The molecule has 0 atom stereocenters. The molecule has 0 aromatic heterocycles. The molecule has 0 saturated carbocycles. The van der Waals surface area contributed by atoms with Crippen LogP contribution in [0, 0.1) is 0 Å². The number of hydrogen-bond donors (Lipinski definition) is 0. The Balaban J connectivity index is -0.0000000949. The third kappa shape index (κ3) is 64.3. The third-order valence-corrected chi connectivity index (χ3v) is 10.6. The number of thiocarbonyl (C=S) groups is 6. The molecule has 372 valence electrons. The molecule has 6 nitrogen and oxygen atoms in total. The quantitative estimate of drug-likeness (QED) is 0.0519. The molecular weight excluding hydrogens is 1200 g/mol. The van der Waals surface area contributed by atoms with Gasteiger partial charge in [0.05, 0.1) is 0 Å². The Kier molecular flexibility index (Phi) is 86.5. The number of rotatable bonds is 24. The van der Waals surface area contributed by atoms with Gasteiger partial charge in [-0.1, -0.05) is 109 Å².